The zero-order chi connectivity index (χ0) is 13.8. The Labute approximate surface area is 123 Å². The summed E-state index contributed by atoms with van der Waals surface area (Å²) >= 11 is 0. The van der Waals surface area contributed by atoms with Gasteiger partial charge in [-0.05, 0) is 56.0 Å². The lowest BCUT2D eigenvalue weighted by atomic mass is 9.95. The van der Waals surface area contributed by atoms with Crippen LogP contribution >= 0.6 is 0 Å². The molecule has 0 fully saturated rings. The Bertz CT molecular complexity index is 1050. The molecule has 0 heteroatoms. The first-order valence-corrected chi connectivity index (χ1v) is 7.44. The van der Waals surface area contributed by atoms with Crippen molar-refractivity contribution in [2.45, 2.75) is 6.42 Å². The number of rotatable bonds is 0. The van der Waals surface area contributed by atoms with Crippen LogP contribution in [-0.2, 0) is 6.42 Å². The molecule has 0 spiro atoms. The summed E-state index contributed by atoms with van der Waals surface area (Å²) in [4.78, 5) is 0. The predicted molar refractivity (Wildman–Crippen MR) is 89.5 cm³/mol. The number of benzene rings is 3. The fourth-order valence-electron chi connectivity index (χ4n) is 3.65. The molecule has 21 heavy (non-hydrogen) atoms. The molecule has 0 nitrogen and oxygen atoms in total. The largest absolute Gasteiger partial charge is 0.0801 e. The highest BCUT2D eigenvalue weighted by atomic mass is 14.2. The van der Waals surface area contributed by atoms with Gasteiger partial charge >= 0.3 is 0 Å². The van der Waals surface area contributed by atoms with Crippen molar-refractivity contribution >= 4 is 22.9 Å². The van der Waals surface area contributed by atoms with Crippen molar-refractivity contribution in [3.63, 3.8) is 0 Å². The molecule has 0 heterocycles. The van der Waals surface area contributed by atoms with Gasteiger partial charge in [0.05, 0.1) is 0 Å². The summed E-state index contributed by atoms with van der Waals surface area (Å²) in [6, 6.07) is 17.8. The third-order valence-electron chi connectivity index (χ3n) is 4.66. The van der Waals surface area contributed by atoms with E-state index in [9.17, 15) is 0 Å². The van der Waals surface area contributed by atoms with Gasteiger partial charge in [0.1, 0.15) is 0 Å². The zero-order valence-electron chi connectivity index (χ0n) is 11.6. The minimum atomic E-state index is 1.04. The molecule has 3 aromatic carbocycles. The highest BCUT2D eigenvalue weighted by Crippen LogP contribution is 2.28. The Kier molecular flexibility index (Phi) is 2.09. The Hall–Kier alpha value is -2.60. The van der Waals surface area contributed by atoms with E-state index >= 15 is 0 Å². The fourth-order valence-corrected chi connectivity index (χ4v) is 3.65. The highest BCUT2D eigenvalue weighted by Gasteiger charge is 2.14. The van der Waals surface area contributed by atoms with Gasteiger partial charge in [-0.1, -0.05) is 66.8 Å². The summed E-state index contributed by atoms with van der Waals surface area (Å²) in [5, 5.41) is 5.51. The summed E-state index contributed by atoms with van der Waals surface area (Å²) in [5.41, 5.74) is 5.49. The van der Waals surface area contributed by atoms with Gasteiger partial charge in [-0.2, -0.15) is 0 Å². The Balaban J connectivity index is 1.97. The minimum absolute atomic E-state index is 1.04. The van der Waals surface area contributed by atoms with Crippen LogP contribution in [0.4, 0.5) is 0 Å². The summed E-state index contributed by atoms with van der Waals surface area (Å²) in [5.74, 6) is 0. The van der Waals surface area contributed by atoms with Crippen molar-refractivity contribution in [3.8, 4) is 11.1 Å². The average molecular weight is 266 g/mol. The summed E-state index contributed by atoms with van der Waals surface area (Å²) in [6.45, 7) is 0. The molecule has 0 amide bonds. The molecule has 0 radical (unpaired) electrons. The summed E-state index contributed by atoms with van der Waals surface area (Å²) < 4.78 is 0. The maximum absolute atomic E-state index is 2.33. The van der Waals surface area contributed by atoms with Crippen LogP contribution in [0.1, 0.15) is 11.1 Å². The van der Waals surface area contributed by atoms with Crippen LogP contribution in [0.2, 0.25) is 0 Å². The standard InChI is InChI=1S/C21H14/c1-3-7-16-14(5-1)9-10-20-18(16)11-12-19-17-8-4-2-6-15(17)13-21(19)20/h1-4,6-13H,5H2. The van der Waals surface area contributed by atoms with Gasteiger partial charge in [0.25, 0.3) is 0 Å². The van der Waals surface area contributed by atoms with Crippen LogP contribution in [0.5, 0.6) is 0 Å². The normalized spacial score (nSPS) is 14.1. The summed E-state index contributed by atoms with van der Waals surface area (Å²) in [7, 11) is 0. The Morgan fingerprint density at radius 2 is 1.57 bits per heavy atom. The van der Waals surface area contributed by atoms with Crippen LogP contribution < -0.4 is 10.4 Å². The monoisotopic (exact) mass is 266 g/mol. The highest BCUT2D eigenvalue weighted by molar-refractivity contribution is 5.96. The van der Waals surface area contributed by atoms with Gasteiger partial charge < -0.3 is 0 Å². The molecule has 0 aromatic heterocycles. The summed E-state index contributed by atoms with van der Waals surface area (Å²) in [6.07, 6.45) is 10.0. The molecular weight excluding hydrogens is 252 g/mol. The maximum Gasteiger partial charge on any atom is -0.00882 e. The van der Waals surface area contributed by atoms with Crippen molar-refractivity contribution in [2.75, 3.05) is 0 Å². The molecule has 3 aromatic rings. The SMILES string of the molecule is C1=CCc2ccc3c4c(ccc3c2=C1)-c1ccccc1C=4. The number of hydrogen-bond acceptors (Lipinski definition) is 0. The lowest BCUT2D eigenvalue weighted by Gasteiger charge is -2.09. The number of hydrogen-bond donors (Lipinski definition) is 0. The molecule has 0 aliphatic heterocycles. The molecule has 2 aliphatic carbocycles. The van der Waals surface area contributed by atoms with Crippen LogP contribution in [0.15, 0.2) is 60.7 Å². The first-order chi connectivity index (χ1) is 10.4. The van der Waals surface area contributed by atoms with Gasteiger partial charge in [-0.3, -0.25) is 0 Å². The third kappa shape index (κ3) is 1.45. The van der Waals surface area contributed by atoms with Crippen molar-refractivity contribution in [2.24, 2.45) is 0 Å². The molecule has 0 N–H and O–H groups in total. The van der Waals surface area contributed by atoms with E-state index in [1.54, 1.807) is 0 Å². The van der Waals surface area contributed by atoms with E-state index in [1.165, 1.54) is 43.5 Å². The van der Waals surface area contributed by atoms with Gasteiger partial charge in [0.2, 0.25) is 0 Å². The van der Waals surface area contributed by atoms with E-state index in [0.29, 0.717) is 0 Å². The molecule has 0 saturated heterocycles. The predicted octanol–water partition coefficient (Wildman–Crippen LogP) is 3.54. The Morgan fingerprint density at radius 1 is 0.714 bits per heavy atom. The molecule has 0 unspecified atom stereocenters. The smallest absolute Gasteiger partial charge is 0.00882 e. The van der Waals surface area contributed by atoms with E-state index in [1.807, 2.05) is 0 Å². The quantitative estimate of drug-likeness (QED) is 0.456. The van der Waals surface area contributed by atoms with E-state index in [0.717, 1.165) is 6.42 Å². The van der Waals surface area contributed by atoms with Crippen LogP contribution in [0.25, 0.3) is 34.1 Å². The number of fused-ring (bicyclic) bond motifs is 7. The minimum Gasteiger partial charge on any atom is -0.0801 e. The van der Waals surface area contributed by atoms with E-state index in [2.05, 4.69) is 72.8 Å². The number of allylic oxidation sites excluding steroid dienone is 2. The van der Waals surface area contributed by atoms with Crippen molar-refractivity contribution < 1.29 is 0 Å². The van der Waals surface area contributed by atoms with Crippen LogP contribution in [-0.4, -0.2) is 0 Å². The second kappa shape index (κ2) is 3.95. The van der Waals surface area contributed by atoms with E-state index in [-0.39, 0.29) is 0 Å². The van der Waals surface area contributed by atoms with Crippen molar-refractivity contribution in [1.82, 2.24) is 0 Å². The first kappa shape index (κ1) is 11.1. The van der Waals surface area contributed by atoms with Gasteiger partial charge in [-0.25, -0.2) is 0 Å². The van der Waals surface area contributed by atoms with E-state index < -0.39 is 0 Å². The molecule has 5 rings (SSSR count). The zero-order valence-corrected chi connectivity index (χ0v) is 11.6. The van der Waals surface area contributed by atoms with Crippen LogP contribution in [0, 0.1) is 0 Å². The second-order valence-electron chi connectivity index (χ2n) is 5.79. The molecule has 0 saturated carbocycles. The molecule has 0 bridgehead atoms. The van der Waals surface area contributed by atoms with Gasteiger partial charge in [0.15, 0.2) is 0 Å². The van der Waals surface area contributed by atoms with Gasteiger partial charge in [-0.15, -0.1) is 0 Å². The van der Waals surface area contributed by atoms with Crippen molar-refractivity contribution in [1.29, 1.82) is 0 Å². The Morgan fingerprint density at radius 3 is 2.57 bits per heavy atom. The van der Waals surface area contributed by atoms with Gasteiger partial charge in [0, 0.05) is 0 Å². The lowest BCUT2D eigenvalue weighted by Crippen LogP contribution is -2.15. The second-order valence-corrected chi connectivity index (χ2v) is 5.79. The first-order valence-electron chi connectivity index (χ1n) is 7.44. The molecule has 98 valence electrons. The van der Waals surface area contributed by atoms with Crippen LogP contribution in [0.3, 0.4) is 0 Å². The molecular formula is C21H14. The topological polar surface area (TPSA) is 0 Å². The third-order valence-corrected chi connectivity index (χ3v) is 4.66. The lowest BCUT2D eigenvalue weighted by molar-refractivity contribution is 1.24. The van der Waals surface area contributed by atoms with E-state index in [4.69, 9.17) is 0 Å². The van der Waals surface area contributed by atoms with Crippen molar-refractivity contribution in [3.05, 3.63) is 82.2 Å². The molecule has 2 aliphatic rings. The maximum atomic E-state index is 2.33. The fraction of sp³-hybridized carbons (Fsp3) is 0.0476. The molecule has 0 atom stereocenters. The average Bonchev–Trinajstić information content (AvgIpc) is 2.93.